The van der Waals surface area contributed by atoms with Gasteiger partial charge in [0.1, 0.15) is 0 Å². The Bertz CT molecular complexity index is 508. The van der Waals surface area contributed by atoms with Crippen LogP contribution in [0, 0.1) is 0 Å². The summed E-state index contributed by atoms with van der Waals surface area (Å²) in [4.78, 5) is 0.410. The number of halogens is 1. The Morgan fingerprint density at radius 3 is 2.88 bits per heavy atom. The third-order valence-electron chi connectivity index (χ3n) is 2.80. The predicted molar refractivity (Wildman–Crippen MR) is 65.2 cm³/mol. The smallest absolute Gasteiger partial charge is 0.179 e. The third-order valence-corrected chi connectivity index (χ3v) is 5.36. The summed E-state index contributed by atoms with van der Waals surface area (Å²) in [5, 5.41) is 9.39. The number of sulfone groups is 1. The number of fused-ring (bicyclic) bond motifs is 1. The second kappa shape index (κ2) is 4.13. The minimum absolute atomic E-state index is 0.101. The number of aliphatic hydroxyl groups excluding tert-OH is 1. The largest absolute Gasteiger partial charge is 0.393 e. The van der Waals surface area contributed by atoms with E-state index in [-0.39, 0.29) is 11.7 Å². The van der Waals surface area contributed by atoms with Gasteiger partial charge in [-0.05, 0) is 31.0 Å². The van der Waals surface area contributed by atoms with E-state index < -0.39 is 15.9 Å². The normalized spacial score (nSPS) is 24.1. The molecule has 0 aromatic heterocycles. The van der Waals surface area contributed by atoms with Crippen molar-refractivity contribution in [2.24, 2.45) is 0 Å². The van der Waals surface area contributed by atoms with Crippen molar-refractivity contribution in [3.8, 4) is 0 Å². The van der Waals surface area contributed by atoms with Crippen LogP contribution in [0.5, 0.6) is 0 Å². The number of benzene rings is 1. The van der Waals surface area contributed by atoms with Crippen molar-refractivity contribution >= 4 is 25.8 Å². The molecule has 1 aromatic carbocycles. The Balaban J connectivity index is 2.52. The maximum Gasteiger partial charge on any atom is 0.179 e. The Hall–Kier alpha value is -0.390. The lowest BCUT2D eigenvalue weighted by molar-refractivity contribution is 0.177. The lowest BCUT2D eigenvalue weighted by atomic mass is 9.96. The van der Waals surface area contributed by atoms with Crippen molar-refractivity contribution in [2.45, 2.75) is 30.3 Å². The van der Waals surface area contributed by atoms with Gasteiger partial charge in [0, 0.05) is 10.4 Å². The molecule has 2 unspecified atom stereocenters. The fourth-order valence-electron chi connectivity index (χ4n) is 2.22. The molecule has 1 N–H and O–H groups in total. The van der Waals surface area contributed by atoms with Crippen molar-refractivity contribution in [3.63, 3.8) is 0 Å². The van der Waals surface area contributed by atoms with Crippen LogP contribution in [0.4, 0.5) is 0 Å². The van der Waals surface area contributed by atoms with Crippen molar-refractivity contribution in [1.82, 2.24) is 0 Å². The molecule has 0 fully saturated rings. The monoisotopic (exact) mass is 304 g/mol. The molecule has 0 amide bonds. The van der Waals surface area contributed by atoms with E-state index in [0.717, 1.165) is 10.0 Å². The Morgan fingerprint density at radius 2 is 2.25 bits per heavy atom. The maximum absolute atomic E-state index is 11.9. The highest BCUT2D eigenvalue weighted by Gasteiger charge is 2.36. The molecule has 0 bridgehead atoms. The zero-order valence-corrected chi connectivity index (χ0v) is 11.3. The van der Waals surface area contributed by atoms with Gasteiger partial charge in [-0.1, -0.05) is 22.0 Å². The summed E-state index contributed by atoms with van der Waals surface area (Å²) in [6, 6.07) is 5.21. The first kappa shape index (κ1) is 12.1. The minimum atomic E-state index is -3.16. The van der Waals surface area contributed by atoms with Crippen LogP contribution in [-0.4, -0.2) is 25.4 Å². The lowest BCUT2D eigenvalue weighted by Crippen LogP contribution is -2.10. The molecule has 0 radical (unpaired) electrons. The molecule has 88 valence electrons. The summed E-state index contributed by atoms with van der Waals surface area (Å²) in [7, 11) is -3.16. The van der Waals surface area contributed by atoms with E-state index in [4.69, 9.17) is 0 Å². The molecule has 0 saturated heterocycles. The highest BCUT2D eigenvalue weighted by Crippen LogP contribution is 2.41. The average molecular weight is 305 g/mol. The van der Waals surface area contributed by atoms with E-state index in [9.17, 15) is 13.5 Å². The van der Waals surface area contributed by atoms with Gasteiger partial charge in [0.25, 0.3) is 0 Å². The predicted octanol–water partition coefficient (Wildman–Crippen LogP) is 2.09. The van der Waals surface area contributed by atoms with E-state index in [1.807, 2.05) is 6.07 Å². The summed E-state index contributed by atoms with van der Waals surface area (Å²) < 4.78 is 24.6. The van der Waals surface area contributed by atoms with Crippen LogP contribution in [0.3, 0.4) is 0 Å². The molecule has 5 heteroatoms. The first-order valence-electron chi connectivity index (χ1n) is 5.11. The van der Waals surface area contributed by atoms with Crippen molar-refractivity contribution in [2.75, 3.05) is 5.75 Å². The Labute approximate surface area is 104 Å². The van der Waals surface area contributed by atoms with Crippen molar-refractivity contribution in [3.05, 3.63) is 28.2 Å². The molecule has 2 atom stereocenters. The number of rotatable bonds is 2. The summed E-state index contributed by atoms with van der Waals surface area (Å²) in [6.07, 6.45) is -0.00673. The quantitative estimate of drug-likeness (QED) is 0.910. The molecule has 1 aliphatic heterocycles. The SMILES string of the molecule is CC(O)CC1CS(=O)(=O)c2cccc(Br)c21. The fraction of sp³-hybridized carbons (Fsp3) is 0.455. The summed E-state index contributed by atoms with van der Waals surface area (Å²) in [5.41, 5.74) is 0.823. The molecule has 1 heterocycles. The standard InChI is InChI=1S/C11H13BrO3S/c1-7(13)5-8-6-16(14,15)10-4-2-3-9(12)11(8)10/h2-4,7-8,13H,5-6H2,1H3. The highest BCUT2D eigenvalue weighted by atomic mass is 79.9. The highest BCUT2D eigenvalue weighted by molar-refractivity contribution is 9.10. The minimum Gasteiger partial charge on any atom is -0.393 e. The van der Waals surface area contributed by atoms with E-state index in [0.29, 0.717) is 11.3 Å². The summed E-state index contributed by atoms with van der Waals surface area (Å²) >= 11 is 3.38. The first-order valence-corrected chi connectivity index (χ1v) is 7.55. The zero-order valence-electron chi connectivity index (χ0n) is 8.85. The Morgan fingerprint density at radius 1 is 1.56 bits per heavy atom. The Kier molecular flexibility index (Phi) is 3.11. The van der Waals surface area contributed by atoms with Gasteiger partial charge in [0.15, 0.2) is 9.84 Å². The van der Waals surface area contributed by atoms with Crippen molar-refractivity contribution in [1.29, 1.82) is 0 Å². The van der Waals surface area contributed by atoms with E-state index in [2.05, 4.69) is 15.9 Å². The van der Waals surface area contributed by atoms with Crippen LogP contribution in [-0.2, 0) is 9.84 Å². The maximum atomic E-state index is 11.9. The van der Waals surface area contributed by atoms with Gasteiger partial charge < -0.3 is 5.11 Å². The summed E-state index contributed by atoms with van der Waals surface area (Å²) in [6.45, 7) is 1.68. The first-order chi connectivity index (χ1) is 7.42. The van der Waals surface area contributed by atoms with E-state index >= 15 is 0 Å². The van der Waals surface area contributed by atoms with Gasteiger partial charge in [-0.3, -0.25) is 0 Å². The third kappa shape index (κ3) is 2.04. The number of hydrogen-bond donors (Lipinski definition) is 1. The van der Waals surface area contributed by atoms with Gasteiger partial charge >= 0.3 is 0 Å². The van der Waals surface area contributed by atoms with Gasteiger partial charge in [-0.2, -0.15) is 0 Å². The van der Waals surface area contributed by atoms with E-state index in [1.165, 1.54) is 0 Å². The molecule has 0 spiro atoms. The van der Waals surface area contributed by atoms with Crippen LogP contribution in [0.25, 0.3) is 0 Å². The van der Waals surface area contributed by atoms with Crippen LogP contribution >= 0.6 is 15.9 Å². The average Bonchev–Trinajstić information content (AvgIpc) is 2.38. The molecular formula is C11H13BrO3S. The van der Waals surface area contributed by atoms with Crippen LogP contribution in [0.1, 0.15) is 24.8 Å². The van der Waals surface area contributed by atoms with E-state index in [1.54, 1.807) is 19.1 Å². The second-order valence-electron chi connectivity index (χ2n) is 4.21. The molecule has 2 rings (SSSR count). The molecule has 16 heavy (non-hydrogen) atoms. The molecular weight excluding hydrogens is 292 g/mol. The molecule has 1 aliphatic rings. The fourth-order valence-corrected chi connectivity index (χ4v) is 4.95. The second-order valence-corrected chi connectivity index (χ2v) is 7.07. The van der Waals surface area contributed by atoms with Gasteiger partial charge in [-0.15, -0.1) is 0 Å². The summed E-state index contributed by atoms with van der Waals surface area (Å²) in [5.74, 6) is 0.00567. The number of aliphatic hydroxyl groups is 1. The van der Waals surface area contributed by atoms with Crippen LogP contribution in [0.2, 0.25) is 0 Å². The number of hydrogen-bond acceptors (Lipinski definition) is 3. The van der Waals surface area contributed by atoms with Crippen LogP contribution in [0.15, 0.2) is 27.6 Å². The van der Waals surface area contributed by atoms with Gasteiger partial charge in [-0.25, -0.2) is 8.42 Å². The molecule has 0 saturated carbocycles. The molecule has 3 nitrogen and oxygen atoms in total. The van der Waals surface area contributed by atoms with Crippen molar-refractivity contribution < 1.29 is 13.5 Å². The lowest BCUT2D eigenvalue weighted by Gasteiger charge is -2.13. The van der Waals surface area contributed by atoms with Crippen LogP contribution < -0.4 is 0 Å². The molecule has 1 aromatic rings. The van der Waals surface area contributed by atoms with Gasteiger partial charge in [0.2, 0.25) is 0 Å². The molecule has 0 aliphatic carbocycles. The zero-order chi connectivity index (χ0) is 11.9. The topological polar surface area (TPSA) is 54.4 Å². The van der Waals surface area contributed by atoms with Gasteiger partial charge in [0.05, 0.1) is 16.8 Å².